The zero-order valence-electron chi connectivity index (χ0n) is 13.5. The third kappa shape index (κ3) is 3.03. The molecule has 0 amide bonds. The van der Waals surface area contributed by atoms with Crippen LogP contribution in [0.4, 0.5) is 0 Å². The van der Waals surface area contributed by atoms with Crippen molar-refractivity contribution in [2.75, 3.05) is 6.54 Å². The number of aromatic amines is 1. The summed E-state index contributed by atoms with van der Waals surface area (Å²) in [6.45, 7) is 3.13. The zero-order valence-corrected chi connectivity index (χ0v) is 13.5. The van der Waals surface area contributed by atoms with Gasteiger partial charge in [-0.25, -0.2) is 4.68 Å². The Hall–Kier alpha value is -2.66. The Labute approximate surface area is 140 Å². The quantitative estimate of drug-likeness (QED) is 0.801. The molecule has 1 N–H and O–H groups in total. The molecule has 0 unspecified atom stereocenters. The van der Waals surface area contributed by atoms with E-state index in [2.05, 4.69) is 21.0 Å². The van der Waals surface area contributed by atoms with E-state index in [-0.39, 0.29) is 5.56 Å². The summed E-state index contributed by atoms with van der Waals surface area (Å²) in [4.78, 5) is 19.1. The number of benzene rings is 1. The Morgan fingerprint density at radius 2 is 1.88 bits per heavy atom. The molecule has 3 heterocycles. The van der Waals surface area contributed by atoms with Crippen LogP contribution in [-0.2, 0) is 26.1 Å². The van der Waals surface area contributed by atoms with Crippen LogP contribution in [0.2, 0.25) is 0 Å². The van der Waals surface area contributed by atoms with Gasteiger partial charge in [-0.1, -0.05) is 36.4 Å². The molecule has 3 aromatic rings. The molecule has 0 aliphatic carbocycles. The maximum Gasteiger partial charge on any atom is 0.270 e. The van der Waals surface area contributed by atoms with Crippen molar-refractivity contribution in [1.82, 2.24) is 19.7 Å². The van der Waals surface area contributed by atoms with Gasteiger partial charge in [-0.15, -0.1) is 0 Å². The summed E-state index contributed by atoms with van der Waals surface area (Å²) in [6.07, 6.45) is 4.49. The molecule has 24 heavy (non-hydrogen) atoms. The molecule has 0 saturated carbocycles. The van der Waals surface area contributed by atoms with Gasteiger partial charge in [0.2, 0.25) is 0 Å². The van der Waals surface area contributed by atoms with E-state index in [9.17, 15) is 4.79 Å². The van der Waals surface area contributed by atoms with Gasteiger partial charge >= 0.3 is 0 Å². The van der Waals surface area contributed by atoms with Crippen molar-refractivity contribution >= 4 is 0 Å². The molecule has 0 bridgehead atoms. The topological polar surface area (TPSA) is 53.9 Å². The minimum absolute atomic E-state index is 0.120. The smallest absolute Gasteiger partial charge is 0.270 e. The second-order valence-corrected chi connectivity index (χ2v) is 6.27. The van der Waals surface area contributed by atoms with Crippen LogP contribution in [0, 0.1) is 0 Å². The second-order valence-electron chi connectivity index (χ2n) is 6.27. The summed E-state index contributed by atoms with van der Waals surface area (Å²) in [6, 6.07) is 14.1. The highest BCUT2D eigenvalue weighted by Gasteiger charge is 2.22. The van der Waals surface area contributed by atoms with Gasteiger partial charge in [0.05, 0.1) is 12.2 Å². The number of hydrogen-bond donors (Lipinski definition) is 1. The van der Waals surface area contributed by atoms with Gasteiger partial charge in [-0.2, -0.15) is 0 Å². The summed E-state index contributed by atoms with van der Waals surface area (Å²) in [5.41, 5.74) is 4.44. The largest absolute Gasteiger partial charge is 0.298 e. The molecule has 0 saturated heterocycles. The lowest BCUT2D eigenvalue weighted by molar-refractivity contribution is 0.241. The molecular weight excluding hydrogens is 300 g/mol. The van der Waals surface area contributed by atoms with Crippen LogP contribution in [0.15, 0.2) is 59.7 Å². The fourth-order valence-corrected chi connectivity index (χ4v) is 3.30. The van der Waals surface area contributed by atoms with Crippen molar-refractivity contribution in [3.05, 3.63) is 87.6 Å². The van der Waals surface area contributed by atoms with Gasteiger partial charge in [-0.05, 0) is 23.6 Å². The van der Waals surface area contributed by atoms with E-state index in [4.69, 9.17) is 0 Å². The maximum absolute atomic E-state index is 12.6. The molecule has 122 valence electrons. The van der Waals surface area contributed by atoms with Crippen molar-refractivity contribution in [2.45, 2.75) is 26.1 Å². The van der Waals surface area contributed by atoms with Crippen LogP contribution in [-0.4, -0.2) is 26.2 Å². The minimum Gasteiger partial charge on any atom is -0.298 e. The number of nitrogens with zero attached hydrogens (tertiary/aromatic N) is 3. The van der Waals surface area contributed by atoms with E-state index >= 15 is 0 Å². The molecule has 1 aliphatic rings. The molecule has 0 radical (unpaired) electrons. The molecule has 5 heteroatoms. The first-order valence-corrected chi connectivity index (χ1v) is 8.25. The average Bonchev–Trinajstić information content (AvgIpc) is 2.92. The number of fused-ring (bicyclic) bond motifs is 1. The van der Waals surface area contributed by atoms with Crippen LogP contribution in [0.5, 0.6) is 0 Å². The van der Waals surface area contributed by atoms with Gasteiger partial charge in [-0.3, -0.25) is 19.8 Å². The van der Waals surface area contributed by atoms with Gasteiger partial charge in [0.15, 0.2) is 0 Å². The monoisotopic (exact) mass is 320 g/mol. The molecule has 1 aromatic carbocycles. The Balaban J connectivity index is 1.52. The van der Waals surface area contributed by atoms with Crippen molar-refractivity contribution in [3.8, 4) is 0 Å². The first-order chi connectivity index (χ1) is 11.8. The van der Waals surface area contributed by atoms with Gasteiger partial charge in [0.25, 0.3) is 5.56 Å². The van der Waals surface area contributed by atoms with Crippen LogP contribution >= 0.6 is 0 Å². The van der Waals surface area contributed by atoms with E-state index in [1.54, 1.807) is 10.9 Å². The lowest BCUT2D eigenvalue weighted by atomic mass is 10.1. The Kier molecular flexibility index (Phi) is 4.01. The summed E-state index contributed by atoms with van der Waals surface area (Å²) < 4.78 is 1.73. The zero-order chi connectivity index (χ0) is 16.4. The molecule has 5 nitrogen and oxygen atoms in total. The van der Waals surface area contributed by atoms with E-state index < -0.39 is 0 Å². The summed E-state index contributed by atoms with van der Waals surface area (Å²) in [5.74, 6) is 0. The van der Waals surface area contributed by atoms with Crippen LogP contribution in [0.1, 0.15) is 22.4 Å². The second kappa shape index (κ2) is 6.45. The SMILES string of the molecule is O=c1c2c([nH]n1Cc1ccccc1)CN(Cc1cccnc1)CC2. The first-order valence-electron chi connectivity index (χ1n) is 8.25. The molecule has 4 rings (SSSR count). The molecule has 0 fully saturated rings. The summed E-state index contributed by atoms with van der Waals surface area (Å²) in [5, 5.41) is 3.31. The Bertz CT molecular complexity index is 867. The highest BCUT2D eigenvalue weighted by atomic mass is 16.1. The fourth-order valence-electron chi connectivity index (χ4n) is 3.30. The van der Waals surface area contributed by atoms with E-state index in [1.165, 1.54) is 5.56 Å². The Morgan fingerprint density at radius 3 is 2.67 bits per heavy atom. The van der Waals surface area contributed by atoms with Crippen LogP contribution < -0.4 is 5.56 Å². The lowest BCUT2D eigenvalue weighted by Crippen LogP contribution is -2.31. The van der Waals surface area contributed by atoms with Crippen molar-refractivity contribution in [2.24, 2.45) is 0 Å². The predicted molar refractivity (Wildman–Crippen MR) is 92.7 cm³/mol. The highest BCUT2D eigenvalue weighted by Crippen LogP contribution is 2.16. The fraction of sp³-hybridized carbons (Fsp3) is 0.263. The first kappa shape index (κ1) is 14.9. The van der Waals surface area contributed by atoms with Crippen molar-refractivity contribution in [1.29, 1.82) is 0 Å². The predicted octanol–water partition coefficient (Wildman–Crippen LogP) is 2.18. The van der Waals surface area contributed by atoms with Gasteiger partial charge in [0, 0.05) is 37.6 Å². The van der Waals surface area contributed by atoms with Crippen LogP contribution in [0.3, 0.4) is 0 Å². The molecule has 0 spiro atoms. The Morgan fingerprint density at radius 1 is 1.04 bits per heavy atom. The third-order valence-electron chi connectivity index (χ3n) is 4.51. The summed E-state index contributed by atoms with van der Waals surface area (Å²) >= 11 is 0. The minimum atomic E-state index is 0.120. The maximum atomic E-state index is 12.6. The molecular formula is C19H20N4O. The number of aromatic nitrogens is 3. The molecule has 0 atom stereocenters. The number of pyridine rings is 1. The van der Waals surface area contributed by atoms with Crippen LogP contribution in [0.25, 0.3) is 0 Å². The average molecular weight is 320 g/mol. The lowest BCUT2D eigenvalue weighted by Gasteiger charge is -2.25. The van der Waals surface area contributed by atoms with E-state index in [0.29, 0.717) is 6.54 Å². The van der Waals surface area contributed by atoms with E-state index in [1.807, 2.05) is 42.6 Å². The number of hydrogen-bond acceptors (Lipinski definition) is 3. The molecule has 2 aromatic heterocycles. The number of nitrogens with one attached hydrogen (secondary N) is 1. The van der Waals surface area contributed by atoms with Gasteiger partial charge in [0.1, 0.15) is 0 Å². The normalized spacial score (nSPS) is 14.5. The standard InChI is InChI=1S/C19H20N4O/c24-19-17-8-10-22(12-16-7-4-9-20-11-16)14-18(17)21-23(19)13-15-5-2-1-3-6-15/h1-7,9,11,21H,8,10,12-14H2. The van der Waals surface area contributed by atoms with Gasteiger partial charge < -0.3 is 0 Å². The van der Waals surface area contributed by atoms with Crippen molar-refractivity contribution in [3.63, 3.8) is 0 Å². The van der Waals surface area contributed by atoms with Crippen molar-refractivity contribution < 1.29 is 0 Å². The molecule has 1 aliphatic heterocycles. The summed E-state index contributed by atoms with van der Waals surface area (Å²) in [7, 11) is 0. The number of H-pyrrole nitrogens is 1. The highest BCUT2D eigenvalue weighted by molar-refractivity contribution is 5.22. The third-order valence-corrected chi connectivity index (χ3v) is 4.51. The number of rotatable bonds is 4. The van der Waals surface area contributed by atoms with E-state index in [0.717, 1.165) is 42.9 Å².